The van der Waals surface area contributed by atoms with E-state index in [9.17, 15) is 9.59 Å². The van der Waals surface area contributed by atoms with E-state index in [1.54, 1.807) is 38.1 Å². The molecule has 7 nitrogen and oxygen atoms in total. The van der Waals surface area contributed by atoms with Crippen LogP contribution in [-0.2, 0) is 14.3 Å². The molecule has 8 heteroatoms. The Balaban J connectivity index is 1.71. The molecular weight excluding hydrogens is 480 g/mol. The zero-order chi connectivity index (χ0) is 25.7. The number of aryl methyl sites for hydroxylation is 1. The van der Waals surface area contributed by atoms with Gasteiger partial charge < -0.3 is 14.0 Å². The summed E-state index contributed by atoms with van der Waals surface area (Å²) < 4.78 is 16.3. The maximum Gasteiger partial charge on any atom is 0.419 e. The molecule has 1 aliphatic rings. The minimum absolute atomic E-state index is 0.103. The van der Waals surface area contributed by atoms with E-state index in [0.29, 0.717) is 40.9 Å². The molecular formula is C28H29ClN2O5. The summed E-state index contributed by atoms with van der Waals surface area (Å²) in [6.07, 6.45) is 3.68. The van der Waals surface area contributed by atoms with Gasteiger partial charge in [0, 0.05) is 5.56 Å². The summed E-state index contributed by atoms with van der Waals surface area (Å²) in [6, 6.07) is 14.9. The standard InChI is InChI=1S/C28H29ClN2O5/c1-4-34-27(32)20-15-13-19(14-16-20)21-9-8-10-22(17-21)26-25(18(3)30-36-26)31(28(33)35-5-2)24-12-7-6-11-23(24)29/h6-13,17,20H,4-5,14-16H2,1-3H3. The predicted octanol–water partition coefficient (Wildman–Crippen LogP) is 7.34. The second kappa shape index (κ2) is 11.4. The minimum Gasteiger partial charge on any atom is -0.466 e. The van der Waals surface area contributed by atoms with E-state index in [1.165, 1.54) is 4.90 Å². The van der Waals surface area contributed by atoms with Gasteiger partial charge in [-0.1, -0.05) is 53.2 Å². The molecule has 1 atom stereocenters. The number of allylic oxidation sites excluding steroid dienone is 2. The van der Waals surface area contributed by atoms with Crippen LogP contribution >= 0.6 is 11.6 Å². The van der Waals surface area contributed by atoms with Crippen LogP contribution in [0.15, 0.2) is 59.1 Å². The molecule has 0 radical (unpaired) electrons. The van der Waals surface area contributed by atoms with Crippen molar-refractivity contribution in [2.24, 2.45) is 5.92 Å². The van der Waals surface area contributed by atoms with Gasteiger partial charge in [-0.25, -0.2) is 9.69 Å². The summed E-state index contributed by atoms with van der Waals surface area (Å²) >= 11 is 6.47. The molecule has 4 rings (SSSR count). The predicted molar refractivity (Wildman–Crippen MR) is 139 cm³/mol. The SMILES string of the molecule is CCOC(=O)C1CC=C(c2cccc(-c3onc(C)c3N(C(=O)OCC)c3ccccc3Cl)c2)CC1. The van der Waals surface area contributed by atoms with E-state index < -0.39 is 6.09 Å². The monoisotopic (exact) mass is 508 g/mol. The lowest BCUT2D eigenvalue weighted by Gasteiger charge is -2.23. The lowest BCUT2D eigenvalue weighted by atomic mass is 9.86. The number of aromatic nitrogens is 1. The quantitative estimate of drug-likeness (QED) is 0.310. The van der Waals surface area contributed by atoms with Crippen molar-refractivity contribution in [3.63, 3.8) is 0 Å². The number of halogens is 1. The Bertz CT molecular complexity index is 1280. The van der Waals surface area contributed by atoms with Gasteiger partial charge in [-0.2, -0.15) is 0 Å². The summed E-state index contributed by atoms with van der Waals surface area (Å²) in [4.78, 5) is 26.6. The highest BCUT2D eigenvalue weighted by Gasteiger charge is 2.30. The van der Waals surface area contributed by atoms with E-state index in [-0.39, 0.29) is 18.5 Å². The molecule has 1 unspecified atom stereocenters. The number of ether oxygens (including phenoxy) is 2. The van der Waals surface area contributed by atoms with E-state index in [1.807, 2.05) is 31.2 Å². The third kappa shape index (κ3) is 5.31. The number of carbonyl (C=O) groups excluding carboxylic acids is 2. The normalized spacial score (nSPS) is 15.2. The zero-order valence-corrected chi connectivity index (χ0v) is 21.4. The lowest BCUT2D eigenvalue weighted by Crippen LogP contribution is -2.27. The van der Waals surface area contributed by atoms with Crippen LogP contribution in [0.2, 0.25) is 5.02 Å². The summed E-state index contributed by atoms with van der Waals surface area (Å²) in [5, 5.41) is 4.56. The van der Waals surface area contributed by atoms with Crippen molar-refractivity contribution in [2.45, 2.75) is 40.0 Å². The van der Waals surface area contributed by atoms with E-state index in [2.05, 4.69) is 11.2 Å². The molecule has 36 heavy (non-hydrogen) atoms. The molecule has 0 aliphatic heterocycles. The van der Waals surface area contributed by atoms with Crippen LogP contribution in [0.5, 0.6) is 0 Å². The van der Waals surface area contributed by atoms with Crippen molar-refractivity contribution in [3.05, 3.63) is 70.9 Å². The Labute approximate surface area is 215 Å². The van der Waals surface area contributed by atoms with Crippen LogP contribution in [0.25, 0.3) is 16.9 Å². The van der Waals surface area contributed by atoms with E-state index in [0.717, 1.165) is 29.5 Å². The topological polar surface area (TPSA) is 81.9 Å². The number of anilines is 2. The van der Waals surface area contributed by atoms with E-state index >= 15 is 0 Å². The number of para-hydroxylation sites is 1. The summed E-state index contributed by atoms with van der Waals surface area (Å²) in [5.74, 6) is 0.194. The largest absolute Gasteiger partial charge is 0.466 e. The third-order valence-electron chi connectivity index (χ3n) is 6.13. The highest BCUT2D eigenvalue weighted by atomic mass is 35.5. The van der Waals surface area contributed by atoms with Crippen molar-refractivity contribution in [3.8, 4) is 11.3 Å². The highest BCUT2D eigenvalue weighted by molar-refractivity contribution is 6.34. The Morgan fingerprint density at radius 2 is 1.83 bits per heavy atom. The van der Waals surface area contributed by atoms with E-state index in [4.69, 9.17) is 25.6 Å². The number of rotatable bonds is 7. The molecule has 1 aromatic heterocycles. The van der Waals surface area contributed by atoms with Crippen molar-refractivity contribution < 1.29 is 23.6 Å². The highest BCUT2D eigenvalue weighted by Crippen LogP contribution is 2.42. The molecule has 1 aliphatic carbocycles. The average molecular weight is 509 g/mol. The van der Waals surface area contributed by atoms with Gasteiger partial charge in [0.25, 0.3) is 0 Å². The number of amides is 1. The summed E-state index contributed by atoms with van der Waals surface area (Å²) in [5.41, 5.74) is 4.41. The third-order valence-corrected chi connectivity index (χ3v) is 6.44. The fraction of sp³-hybridized carbons (Fsp3) is 0.321. The number of esters is 1. The van der Waals surface area contributed by atoms with Crippen LogP contribution in [0.1, 0.15) is 44.4 Å². The van der Waals surface area contributed by atoms with Gasteiger partial charge in [0.15, 0.2) is 5.76 Å². The van der Waals surface area contributed by atoms with Crippen LogP contribution < -0.4 is 4.90 Å². The van der Waals surface area contributed by atoms with Crippen molar-refractivity contribution in [1.29, 1.82) is 0 Å². The van der Waals surface area contributed by atoms with Gasteiger partial charge >= 0.3 is 12.1 Å². The molecule has 0 N–H and O–H groups in total. The maximum atomic E-state index is 13.1. The molecule has 0 bridgehead atoms. The van der Waals surface area contributed by atoms with Crippen molar-refractivity contribution in [1.82, 2.24) is 5.16 Å². The Hall–Kier alpha value is -3.58. The number of hydrogen-bond donors (Lipinski definition) is 0. The molecule has 0 saturated heterocycles. The number of carbonyl (C=O) groups is 2. The van der Waals surface area contributed by atoms with Gasteiger partial charge in [-0.05, 0) is 69.4 Å². The average Bonchev–Trinajstić information content (AvgIpc) is 3.27. The smallest absolute Gasteiger partial charge is 0.419 e. The fourth-order valence-electron chi connectivity index (χ4n) is 4.38. The summed E-state index contributed by atoms with van der Waals surface area (Å²) in [7, 11) is 0. The molecule has 0 saturated carbocycles. The first-order chi connectivity index (χ1) is 17.4. The molecule has 188 valence electrons. The first kappa shape index (κ1) is 25.5. The van der Waals surface area contributed by atoms with Crippen molar-refractivity contribution in [2.75, 3.05) is 18.1 Å². The Morgan fingerprint density at radius 3 is 2.53 bits per heavy atom. The number of nitrogens with zero attached hydrogens (tertiary/aromatic N) is 2. The van der Waals surface area contributed by atoms with Crippen LogP contribution in [0.4, 0.5) is 16.2 Å². The van der Waals surface area contributed by atoms with Crippen LogP contribution in [0, 0.1) is 12.8 Å². The molecule has 3 aromatic rings. The van der Waals surface area contributed by atoms with Gasteiger partial charge in [0.1, 0.15) is 11.4 Å². The minimum atomic E-state index is -0.575. The number of benzene rings is 2. The molecule has 0 fully saturated rings. The first-order valence-electron chi connectivity index (χ1n) is 12.1. The zero-order valence-electron chi connectivity index (χ0n) is 20.6. The second-order valence-corrected chi connectivity index (χ2v) is 8.87. The molecule has 2 aromatic carbocycles. The first-order valence-corrected chi connectivity index (χ1v) is 12.5. The van der Waals surface area contributed by atoms with Gasteiger partial charge in [-0.3, -0.25) is 4.79 Å². The molecule has 1 amide bonds. The Kier molecular flexibility index (Phi) is 8.10. The lowest BCUT2D eigenvalue weighted by molar-refractivity contribution is -0.148. The number of hydrogen-bond acceptors (Lipinski definition) is 6. The second-order valence-electron chi connectivity index (χ2n) is 8.46. The summed E-state index contributed by atoms with van der Waals surface area (Å²) in [6.45, 7) is 5.94. The van der Waals surface area contributed by atoms with Crippen molar-refractivity contribution >= 4 is 40.6 Å². The Morgan fingerprint density at radius 1 is 1.08 bits per heavy atom. The van der Waals surface area contributed by atoms with Crippen LogP contribution in [-0.4, -0.2) is 30.4 Å². The van der Waals surface area contributed by atoms with Gasteiger partial charge in [0.2, 0.25) is 0 Å². The molecule has 1 heterocycles. The van der Waals surface area contributed by atoms with Crippen LogP contribution in [0.3, 0.4) is 0 Å². The fourth-order valence-corrected chi connectivity index (χ4v) is 4.60. The van der Waals surface area contributed by atoms with Gasteiger partial charge in [0.05, 0.1) is 29.8 Å². The van der Waals surface area contributed by atoms with Gasteiger partial charge in [-0.15, -0.1) is 0 Å². The maximum absolute atomic E-state index is 13.1. The molecule has 0 spiro atoms.